The van der Waals surface area contributed by atoms with Gasteiger partial charge in [-0.15, -0.1) is 0 Å². The molecule has 5 heteroatoms. The molecular weight excluding hydrogens is 234 g/mol. The van der Waals surface area contributed by atoms with Crippen LogP contribution in [0.25, 0.3) is 0 Å². The number of benzene rings is 1. The summed E-state index contributed by atoms with van der Waals surface area (Å²) in [4.78, 5) is 21.3. The SMILES string of the molecule is CC(=O)Nc1ccc(Oc2ccc(C=O)o2)cc1. The van der Waals surface area contributed by atoms with Crippen molar-refractivity contribution in [3.05, 3.63) is 42.2 Å². The van der Waals surface area contributed by atoms with E-state index in [9.17, 15) is 9.59 Å². The van der Waals surface area contributed by atoms with Crippen molar-refractivity contribution >= 4 is 17.9 Å². The Morgan fingerprint density at radius 1 is 1.22 bits per heavy atom. The third-order valence-corrected chi connectivity index (χ3v) is 2.11. The molecule has 0 radical (unpaired) electrons. The Kier molecular flexibility index (Phi) is 3.43. The molecule has 18 heavy (non-hydrogen) atoms. The lowest BCUT2D eigenvalue weighted by Gasteiger charge is -2.04. The Hall–Kier alpha value is -2.56. The Bertz CT molecular complexity index is 557. The number of rotatable bonds is 4. The quantitative estimate of drug-likeness (QED) is 0.841. The van der Waals surface area contributed by atoms with Gasteiger partial charge in [0.25, 0.3) is 5.95 Å². The summed E-state index contributed by atoms with van der Waals surface area (Å²) in [6.45, 7) is 1.44. The summed E-state index contributed by atoms with van der Waals surface area (Å²) in [5.41, 5.74) is 0.683. The molecule has 92 valence electrons. The molecule has 0 atom stereocenters. The number of furan rings is 1. The van der Waals surface area contributed by atoms with Gasteiger partial charge in [0, 0.05) is 18.7 Å². The molecule has 1 N–H and O–H groups in total. The summed E-state index contributed by atoms with van der Waals surface area (Å²) in [5, 5.41) is 2.64. The van der Waals surface area contributed by atoms with E-state index < -0.39 is 0 Å². The van der Waals surface area contributed by atoms with Crippen LogP contribution in [-0.4, -0.2) is 12.2 Å². The van der Waals surface area contributed by atoms with Crippen LogP contribution in [0.3, 0.4) is 0 Å². The number of ether oxygens (including phenoxy) is 1. The Labute approximate surface area is 103 Å². The van der Waals surface area contributed by atoms with E-state index in [0.717, 1.165) is 0 Å². The molecule has 0 aliphatic heterocycles. The second kappa shape index (κ2) is 5.18. The Balaban J connectivity index is 2.05. The zero-order chi connectivity index (χ0) is 13.0. The van der Waals surface area contributed by atoms with Crippen LogP contribution in [0.1, 0.15) is 17.5 Å². The van der Waals surface area contributed by atoms with Gasteiger partial charge < -0.3 is 14.5 Å². The van der Waals surface area contributed by atoms with E-state index in [1.54, 1.807) is 30.3 Å². The first kappa shape index (κ1) is 11.9. The van der Waals surface area contributed by atoms with Gasteiger partial charge >= 0.3 is 0 Å². The minimum Gasteiger partial charge on any atom is -0.426 e. The van der Waals surface area contributed by atoms with Crippen molar-refractivity contribution in [2.75, 3.05) is 5.32 Å². The fourth-order valence-corrected chi connectivity index (χ4v) is 1.38. The molecule has 0 saturated heterocycles. The zero-order valence-electron chi connectivity index (χ0n) is 9.67. The maximum Gasteiger partial charge on any atom is 0.290 e. The van der Waals surface area contributed by atoms with Crippen molar-refractivity contribution in [3.63, 3.8) is 0 Å². The topological polar surface area (TPSA) is 68.5 Å². The lowest BCUT2D eigenvalue weighted by Crippen LogP contribution is -2.05. The molecule has 1 aromatic heterocycles. The van der Waals surface area contributed by atoms with Crippen molar-refractivity contribution in [2.45, 2.75) is 6.92 Å². The van der Waals surface area contributed by atoms with Crippen LogP contribution >= 0.6 is 0 Å². The lowest BCUT2D eigenvalue weighted by molar-refractivity contribution is -0.114. The molecule has 0 bridgehead atoms. The summed E-state index contributed by atoms with van der Waals surface area (Å²) in [5.74, 6) is 0.866. The first-order valence-electron chi connectivity index (χ1n) is 5.28. The van der Waals surface area contributed by atoms with E-state index in [-0.39, 0.29) is 17.6 Å². The number of aldehydes is 1. The average Bonchev–Trinajstić information content (AvgIpc) is 2.79. The van der Waals surface area contributed by atoms with E-state index in [4.69, 9.17) is 9.15 Å². The maximum atomic E-state index is 10.8. The fraction of sp³-hybridized carbons (Fsp3) is 0.0769. The van der Waals surface area contributed by atoms with Gasteiger partial charge in [0.05, 0.1) is 0 Å². The van der Waals surface area contributed by atoms with Gasteiger partial charge in [0.2, 0.25) is 5.91 Å². The predicted octanol–water partition coefficient (Wildman–Crippen LogP) is 2.84. The molecular formula is C13H11NO4. The maximum absolute atomic E-state index is 10.8. The standard InChI is InChI=1S/C13H11NO4/c1-9(16)14-10-2-4-11(5-3-10)17-13-7-6-12(8-15)18-13/h2-8H,1H3,(H,14,16). The van der Waals surface area contributed by atoms with Gasteiger partial charge in [0.15, 0.2) is 12.0 Å². The molecule has 0 aliphatic rings. The van der Waals surface area contributed by atoms with Crippen molar-refractivity contribution in [1.82, 2.24) is 0 Å². The molecule has 0 saturated carbocycles. The predicted molar refractivity (Wildman–Crippen MR) is 64.9 cm³/mol. The number of hydrogen-bond donors (Lipinski definition) is 1. The molecule has 1 aromatic carbocycles. The van der Waals surface area contributed by atoms with Gasteiger partial charge in [-0.05, 0) is 30.3 Å². The first-order valence-corrected chi connectivity index (χ1v) is 5.28. The second-order valence-corrected chi connectivity index (χ2v) is 3.58. The van der Waals surface area contributed by atoms with E-state index in [1.165, 1.54) is 13.0 Å². The van der Waals surface area contributed by atoms with Crippen LogP contribution in [0.4, 0.5) is 5.69 Å². The number of amides is 1. The van der Waals surface area contributed by atoms with Crippen LogP contribution in [0.5, 0.6) is 11.7 Å². The number of hydrogen-bond acceptors (Lipinski definition) is 4. The van der Waals surface area contributed by atoms with Gasteiger partial charge in [0.1, 0.15) is 5.75 Å². The Morgan fingerprint density at radius 3 is 2.50 bits per heavy atom. The van der Waals surface area contributed by atoms with Crippen LogP contribution in [0.2, 0.25) is 0 Å². The third-order valence-electron chi connectivity index (χ3n) is 2.11. The molecule has 0 fully saturated rings. The minimum absolute atomic E-state index is 0.134. The molecule has 0 spiro atoms. The monoisotopic (exact) mass is 245 g/mol. The third kappa shape index (κ3) is 2.98. The summed E-state index contributed by atoms with van der Waals surface area (Å²) in [7, 11) is 0. The van der Waals surface area contributed by atoms with Crippen LogP contribution < -0.4 is 10.1 Å². The lowest BCUT2D eigenvalue weighted by atomic mass is 10.3. The zero-order valence-corrected chi connectivity index (χ0v) is 9.67. The summed E-state index contributed by atoms with van der Waals surface area (Å²) in [6.07, 6.45) is 0.604. The fourth-order valence-electron chi connectivity index (χ4n) is 1.38. The summed E-state index contributed by atoms with van der Waals surface area (Å²) < 4.78 is 10.5. The normalized spacial score (nSPS) is 9.83. The number of carbonyl (C=O) groups excluding carboxylic acids is 2. The van der Waals surface area contributed by atoms with Crippen molar-refractivity contribution in [3.8, 4) is 11.7 Å². The highest BCUT2D eigenvalue weighted by Gasteiger charge is 2.03. The molecule has 0 unspecified atom stereocenters. The highest BCUT2D eigenvalue weighted by molar-refractivity contribution is 5.88. The molecule has 2 rings (SSSR count). The number of nitrogens with one attached hydrogen (secondary N) is 1. The van der Waals surface area contributed by atoms with E-state index in [0.29, 0.717) is 17.7 Å². The van der Waals surface area contributed by atoms with Gasteiger partial charge in [-0.25, -0.2) is 0 Å². The van der Waals surface area contributed by atoms with Crippen LogP contribution in [-0.2, 0) is 4.79 Å². The van der Waals surface area contributed by atoms with Gasteiger partial charge in [-0.2, -0.15) is 0 Å². The van der Waals surface area contributed by atoms with Crippen molar-refractivity contribution in [2.24, 2.45) is 0 Å². The molecule has 5 nitrogen and oxygen atoms in total. The molecule has 2 aromatic rings. The second-order valence-electron chi connectivity index (χ2n) is 3.58. The van der Waals surface area contributed by atoms with E-state index >= 15 is 0 Å². The average molecular weight is 245 g/mol. The molecule has 1 amide bonds. The Morgan fingerprint density at radius 2 is 1.94 bits per heavy atom. The number of carbonyl (C=O) groups is 2. The van der Waals surface area contributed by atoms with Crippen LogP contribution in [0, 0.1) is 0 Å². The van der Waals surface area contributed by atoms with Gasteiger partial charge in [-0.3, -0.25) is 9.59 Å². The highest BCUT2D eigenvalue weighted by Crippen LogP contribution is 2.24. The summed E-state index contributed by atoms with van der Waals surface area (Å²) >= 11 is 0. The van der Waals surface area contributed by atoms with E-state index in [1.807, 2.05) is 0 Å². The minimum atomic E-state index is -0.134. The van der Waals surface area contributed by atoms with Crippen molar-refractivity contribution in [1.29, 1.82) is 0 Å². The summed E-state index contributed by atoms with van der Waals surface area (Å²) in [6, 6.07) is 9.88. The highest BCUT2D eigenvalue weighted by atomic mass is 16.6. The van der Waals surface area contributed by atoms with E-state index in [2.05, 4.69) is 5.32 Å². The number of anilines is 1. The smallest absolute Gasteiger partial charge is 0.290 e. The van der Waals surface area contributed by atoms with Gasteiger partial charge in [-0.1, -0.05) is 0 Å². The van der Waals surface area contributed by atoms with Crippen LogP contribution in [0.15, 0.2) is 40.8 Å². The molecule has 0 aliphatic carbocycles. The van der Waals surface area contributed by atoms with Crippen molar-refractivity contribution < 1.29 is 18.7 Å². The largest absolute Gasteiger partial charge is 0.426 e. The molecule has 1 heterocycles. The first-order chi connectivity index (χ1) is 8.67.